The first kappa shape index (κ1) is 12.0. The van der Waals surface area contributed by atoms with Gasteiger partial charge in [-0.2, -0.15) is 5.10 Å². The summed E-state index contributed by atoms with van der Waals surface area (Å²) in [5, 5.41) is 3.99. The first-order valence-corrected chi connectivity index (χ1v) is 5.63. The van der Waals surface area contributed by atoms with E-state index in [0.717, 1.165) is 0 Å². The summed E-state index contributed by atoms with van der Waals surface area (Å²) in [5.74, 6) is 0.762. The zero-order valence-corrected chi connectivity index (χ0v) is 9.69. The van der Waals surface area contributed by atoms with Crippen LogP contribution in [0.2, 0.25) is 0 Å². The van der Waals surface area contributed by atoms with Gasteiger partial charge in [0.15, 0.2) is 5.65 Å². The Balaban J connectivity index is 2.26. The maximum atomic E-state index is 12.4. The minimum absolute atomic E-state index is 0.277. The van der Waals surface area contributed by atoms with Gasteiger partial charge in [-0.15, -0.1) is 11.6 Å². The normalized spacial score (nSPS) is 11.3. The van der Waals surface area contributed by atoms with Crippen LogP contribution in [0.25, 0.3) is 5.65 Å². The van der Waals surface area contributed by atoms with Crippen molar-refractivity contribution < 1.29 is 8.78 Å². The Hall–Kier alpha value is -1.43. The van der Waals surface area contributed by atoms with Gasteiger partial charge in [-0.05, 0) is 6.07 Å². The van der Waals surface area contributed by atoms with Crippen LogP contribution in [-0.2, 0) is 0 Å². The molecule has 92 valence electrons. The van der Waals surface area contributed by atoms with Gasteiger partial charge in [-0.25, -0.2) is 18.3 Å². The molecule has 2 aromatic heterocycles. The number of aromatic nitrogens is 3. The van der Waals surface area contributed by atoms with Crippen molar-refractivity contribution in [3.63, 3.8) is 0 Å². The third-order valence-electron chi connectivity index (χ3n) is 2.28. The van der Waals surface area contributed by atoms with E-state index in [-0.39, 0.29) is 12.4 Å². The first-order chi connectivity index (χ1) is 8.20. The summed E-state index contributed by atoms with van der Waals surface area (Å²) in [4.78, 5) is 5.70. The van der Waals surface area contributed by atoms with Gasteiger partial charge in [0.2, 0.25) is 0 Å². The highest BCUT2D eigenvalue weighted by atomic mass is 35.5. The molecule has 4 nitrogen and oxygen atoms in total. The summed E-state index contributed by atoms with van der Waals surface area (Å²) in [5.41, 5.74) is 0.622. The van der Waals surface area contributed by atoms with Crippen LogP contribution in [0.5, 0.6) is 0 Å². The van der Waals surface area contributed by atoms with E-state index in [0.29, 0.717) is 18.0 Å². The van der Waals surface area contributed by atoms with E-state index in [4.69, 9.17) is 11.6 Å². The van der Waals surface area contributed by atoms with Crippen LogP contribution in [-0.4, -0.2) is 40.0 Å². The zero-order chi connectivity index (χ0) is 12.3. The van der Waals surface area contributed by atoms with Gasteiger partial charge in [0, 0.05) is 24.7 Å². The maximum absolute atomic E-state index is 12.4. The zero-order valence-electron chi connectivity index (χ0n) is 8.93. The number of fused-ring (bicyclic) bond motifs is 1. The van der Waals surface area contributed by atoms with Crippen LogP contribution in [0.1, 0.15) is 0 Å². The molecule has 0 atom stereocenters. The largest absolute Gasteiger partial charge is 0.350 e. The Labute approximate surface area is 102 Å². The summed E-state index contributed by atoms with van der Waals surface area (Å²) in [6.07, 6.45) is 0.872. The Kier molecular flexibility index (Phi) is 3.73. The number of anilines is 1. The third kappa shape index (κ3) is 2.82. The summed E-state index contributed by atoms with van der Waals surface area (Å²) < 4.78 is 26.4. The van der Waals surface area contributed by atoms with E-state index in [1.165, 1.54) is 4.90 Å². The molecule has 7 heteroatoms. The van der Waals surface area contributed by atoms with Gasteiger partial charge in [0.05, 0.1) is 12.7 Å². The molecule has 0 unspecified atom stereocenters. The minimum atomic E-state index is -2.42. The van der Waals surface area contributed by atoms with E-state index in [9.17, 15) is 8.78 Å². The summed E-state index contributed by atoms with van der Waals surface area (Å²) in [7, 11) is 0. The lowest BCUT2D eigenvalue weighted by atomic mass is 10.4. The second-order valence-corrected chi connectivity index (χ2v) is 3.82. The molecule has 0 aliphatic carbocycles. The van der Waals surface area contributed by atoms with Gasteiger partial charge in [-0.1, -0.05) is 0 Å². The standard InChI is InChI=1S/C10H11ClF2N4/c11-3-6-16(7-8(12)13)9-2-5-17-10(15-9)1-4-14-17/h1-2,4-5,8H,3,6-7H2. The van der Waals surface area contributed by atoms with Crippen LogP contribution < -0.4 is 4.90 Å². The summed E-state index contributed by atoms with van der Waals surface area (Å²) >= 11 is 5.59. The Morgan fingerprint density at radius 1 is 1.41 bits per heavy atom. The van der Waals surface area contributed by atoms with E-state index in [2.05, 4.69) is 10.1 Å². The molecule has 0 fully saturated rings. The summed E-state index contributed by atoms with van der Waals surface area (Å²) in [6, 6.07) is 3.36. The highest BCUT2D eigenvalue weighted by Crippen LogP contribution is 2.13. The van der Waals surface area contributed by atoms with Crippen LogP contribution in [0.3, 0.4) is 0 Å². The number of halogens is 3. The molecule has 2 rings (SSSR count). The smallest absolute Gasteiger partial charge is 0.255 e. The molecule has 0 amide bonds. The number of nitrogens with zero attached hydrogens (tertiary/aromatic N) is 4. The van der Waals surface area contributed by atoms with E-state index >= 15 is 0 Å². The number of rotatable bonds is 5. The van der Waals surface area contributed by atoms with Gasteiger partial charge in [-0.3, -0.25) is 0 Å². The second kappa shape index (κ2) is 5.27. The van der Waals surface area contributed by atoms with Crippen LogP contribution >= 0.6 is 11.6 Å². The van der Waals surface area contributed by atoms with Crippen molar-refractivity contribution in [2.45, 2.75) is 6.43 Å². The fourth-order valence-corrected chi connectivity index (χ4v) is 1.75. The lowest BCUT2D eigenvalue weighted by Crippen LogP contribution is -2.31. The van der Waals surface area contributed by atoms with Gasteiger partial charge >= 0.3 is 0 Å². The molecule has 0 aliphatic rings. The Morgan fingerprint density at radius 3 is 2.94 bits per heavy atom. The molecular weight excluding hydrogens is 250 g/mol. The molecule has 0 bridgehead atoms. The third-order valence-corrected chi connectivity index (χ3v) is 2.45. The van der Waals surface area contributed by atoms with Crippen molar-refractivity contribution in [3.8, 4) is 0 Å². The molecular formula is C10H11ClF2N4. The average molecular weight is 261 g/mol. The molecule has 0 radical (unpaired) electrons. The monoisotopic (exact) mass is 260 g/mol. The molecule has 2 heterocycles. The molecule has 2 aromatic rings. The van der Waals surface area contributed by atoms with E-state index in [1.54, 1.807) is 29.0 Å². The van der Waals surface area contributed by atoms with E-state index in [1.807, 2.05) is 0 Å². The Morgan fingerprint density at radius 2 is 2.24 bits per heavy atom. The van der Waals surface area contributed by atoms with Crippen molar-refractivity contribution in [2.75, 3.05) is 23.9 Å². The van der Waals surface area contributed by atoms with Crippen molar-refractivity contribution in [2.24, 2.45) is 0 Å². The first-order valence-electron chi connectivity index (χ1n) is 5.10. The summed E-state index contributed by atoms with van der Waals surface area (Å²) in [6.45, 7) is -0.0345. The molecule has 0 spiro atoms. The van der Waals surface area contributed by atoms with Crippen LogP contribution in [0.15, 0.2) is 24.5 Å². The second-order valence-electron chi connectivity index (χ2n) is 3.45. The molecule has 0 N–H and O–H groups in total. The fourth-order valence-electron chi connectivity index (χ4n) is 1.55. The fraction of sp³-hybridized carbons (Fsp3) is 0.400. The quantitative estimate of drug-likeness (QED) is 0.772. The van der Waals surface area contributed by atoms with Crippen molar-refractivity contribution >= 4 is 23.1 Å². The van der Waals surface area contributed by atoms with Gasteiger partial charge in [0.25, 0.3) is 6.43 Å². The average Bonchev–Trinajstić information content (AvgIpc) is 2.74. The Bertz CT molecular complexity index is 488. The van der Waals surface area contributed by atoms with Crippen molar-refractivity contribution in [3.05, 3.63) is 24.5 Å². The number of hydrogen-bond acceptors (Lipinski definition) is 3. The molecule has 0 aromatic carbocycles. The van der Waals surface area contributed by atoms with Gasteiger partial charge < -0.3 is 4.90 Å². The molecule has 0 aliphatic heterocycles. The van der Waals surface area contributed by atoms with E-state index < -0.39 is 6.43 Å². The number of hydrogen-bond donors (Lipinski definition) is 0. The lowest BCUT2D eigenvalue weighted by Gasteiger charge is -2.22. The van der Waals surface area contributed by atoms with Crippen molar-refractivity contribution in [1.82, 2.24) is 14.6 Å². The van der Waals surface area contributed by atoms with Crippen LogP contribution in [0.4, 0.5) is 14.6 Å². The molecule has 0 saturated carbocycles. The highest BCUT2D eigenvalue weighted by Gasteiger charge is 2.14. The minimum Gasteiger partial charge on any atom is -0.350 e. The molecule has 0 saturated heterocycles. The topological polar surface area (TPSA) is 33.4 Å². The predicted octanol–water partition coefficient (Wildman–Crippen LogP) is 2.04. The van der Waals surface area contributed by atoms with Gasteiger partial charge in [0.1, 0.15) is 5.82 Å². The lowest BCUT2D eigenvalue weighted by molar-refractivity contribution is 0.155. The number of alkyl halides is 3. The van der Waals surface area contributed by atoms with Crippen molar-refractivity contribution in [1.29, 1.82) is 0 Å². The SMILES string of the molecule is FC(F)CN(CCCl)c1ccn2nccc2n1. The van der Waals surface area contributed by atoms with Crippen LogP contribution in [0, 0.1) is 0 Å². The highest BCUT2D eigenvalue weighted by molar-refractivity contribution is 6.18. The predicted molar refractivity (Wildman–Crippen MR) is 61.9 cm³/mol. The maximum Gasteiger partial charge on any atom is 0.255 e. The molecule has 17 heavy (non-hydrogen) atoms.